The molecule has 2 atom stereocenters. The van der Waals surface area contributed by atoms with Gasteiger partial charge in [-0.3, -0.25) is 9.69 Å². The Morgan fingerprint density at radius 2 is 2.00 bits per heavy atom. The topological polar surface area (TPSA) is 133 Å². The van der Waals surface area contributed by atoms with Crippen LogP contribution >= 0.6 is 0 Å². The van der Waals surface area contributed by atoms with Gasteiger partial charge in [0.15, 0.2) is 5.82 Å². The van der Waals surface area contributed by atoms with Crippen LogP contribution in [0.5, 0.6) is 5.75 Å². The average Bonchev–Trinajstić information content (AvgIpc) is 3.64. The molecule has 4 heterocycles. The number of pyridine rings is 2. The lowest BCUT2D eigenvalue weighted by molar-refractivity contribution is -0.191. The molecule has 1 aliphatic heterocycles. The highest BCUT2D eigenvalue weighted by Crippen LogP contribution is 2.37. The molecule has 10 nitrogen and oxygen atoms in total. The molecule has 5 rings (SSSR count). The number of halogens is 3. The second-order valence-corrected chi connectivity index (χ2v) is 9.05. The van der Waals surface area contributed by atoms with Gasteiger partial charge in [0.05, 0.1) is 11.7 Å². The first-order valence-electron chi connectivity index (χ1n) is 11.6. The van der Waals surface area contributed by atoms with Crippen LogP contribution in [0.3, 0.4) is 0 Å². The van der Waals surface area contributed by atoms with Crippen molar-refractivity contribution in [2.45, 2.75) is 44.0 Å². The molecule has 1 aliphatic carbocycles. The zero-order valence-electron chi connectivity index (χ0n) is 19.3. The minimum atomic E-state index is -4.74. The summed E-state index contributed by atoms with van der Waals surface area (Å²) in [6.07, 6.45) is -3.16. The summed E-state index contributed by atoms with van der Waals surface area (Å²) in [5.41, 5.74) is 1.75. The summed E-state index contributed by atoms with van der Waals surface area (Å²) in [6, 6.07) is 6.35. The van der Waals surface area contributed by atoms with Crippen molar-refractivity contribution in [3.63, 3.8) is 0 Å². The summed E-state index contributed by atoms with van der Waals surface area (Å²) in [5, 5.41) is 25.6. The average molecular weight is 514 g/mol. The number of anilines is 1. The van der Waals surface area contributed by atoms with E-state index in [1.165, 1.54) is 12.3 Å². The lowest BCUT2D eigenvalue weighted by Gasteiger charge is -2.38. The predicted molar refractivity (Wildman–Crippen MR) is 123 cm³/mol. The van der Waals surface area contributed by atoms with Gasteiger partial charge < -0.3 is 15.2 Å². The summed E-state index contributed by atoms with van der Waals surface area (Å²) in [6.45, 7) is -0.333. The normalized spacial score (nSPS) is 19.9. The van der Waals surface area contributed by atoms with E-state index >= 15 is 0 Å². The number of fused-ring (bicyclic) bond motifs is 1. The third-order valence-corrected chi connectivity index (χ3v) is 6.43. The quantitative estimate of drug-likeness (QED) is 0.524. The van der Waals surface area contributed by atoms with Crippen LogP contribution in [-0.2, 0) is 4.79 Å². The SMILES string of the molecule is N#Cc1cc(-c2ccn3nc(NC(=O)C4CC4)cc3c2)c(O[C@@H]2CCN(C(=O)O)[C@H](C(F)(F)F)C2)cn1. The number of amides is 2. The molecule has 3 aromatic heterocycles. The number of likely N-dealkylation sites (tertiary alicyclic amines) is 1. The van der Waals surface area contributed by atoms with E-state index in [4.69, 9.17) is 4.74 Å². The molecule has 1 saturated carbocycles. The maximum Gasteiger partial charge on any atom is 0.409 e. The molecule has 0 spiro atoms. The van der Waals surface area contributed by atoms with Crippen molar-refractivity contribution in [1.82, 2.24) is 19.5 Å². The predicted octanol–water partition coefficient (Wildman–Crippen LogP) is 4.07. The maximum absolute atomic E-state index is 13.5. The standard InChI is InChI=1S/C24H21F3N6O4/c25-24(26,27)20-10-17(4-5-32(20)23(35)36)37-19-12-29-15(11-28)8-18(19)14-3-6-33-16(7-14)9-21(31-33)30-22(34)13-1-2-13/h3,6-9,12-13,17,20H,1-2,4-5,10H2,(H,35,36)(H,30,31,34)/t17-,20+/m1/s1. The number of nitriles is 1. The highest BCUT2D eigenvalue weighted by molar-refractivity contribution is 5.93. The van der Waals surface area contributed by atoms with Crippen LogP contribution < -0.4 is 10.1 Å². The Kier molecular flexibility index (Phi) is 6.10. The number of ether oxygens (including phenoxy) is 1. The molecular formula is C24H21F3N6O4. The van der Waals surface area contributed by atoms with Gasteiger partial charge in [-0.15, -0.1) is 0 Å². The van der Waals surface area contributed by atoms with Gasteiger partial charge in [0, 0.05) is 43.1 Å². The number of piperidine rings is 1. The lowest BCUT2D eigenvalue weighted by atomic mass is 9.98. The van der Waals surface area contributed by atoms with Crippen LogP contribution in [0, 0.1) is 17.2 Å². The Morgan fingerprint density at radius 1 is 1.22 bits per heavy atom. The summed E-state index contributed by atoms with van der Waals surface area (Å²) in [7, 11) is 0. The van der Waals surface area contributed by atoms with Crippen molar-refractivity contribution in [2.24, 2.45) is 5.92 Å². The van der Waals surface area contributed by atoms with Gasteiger partial charge in [-0.05, 0) is 36.6 Å². The molecule has 2 amide bonds. The number of rotatable bonds is 5. The number of alkyl halides is 3. The molecule has 0 unspecified atom stereocenters. The van der Waals surface area contributed by atoms with Crippen LogP contribution in [-0.4, -0.2) is 61.5 Å². The van der Waals surface area contributed by atoms with Crippen LogP contribution in [0.2, 0.25) is 0 Å². The number of carbonyl (C=O) groups excluding carboxylic acids is 1. The molecule has 0 radical (unpaired) electrons. The Morgan fingerprint density at radius 3 is 2.68 bits per heavy atom. The zero-order chi connectivity index (χ0) is 26.3. The van der Waals surface area contributed by atoms with E-state index in [1.807, 2.05) is 6.07 Å². The van der Waals surface area contributed by atoms with E-state index in [2.05, 4.69) is 15.4 Å². The first-order valence-corrected chi connectivity index (χ1v) is 11.6. The second-order valence-electron chi connectivity index (χ2n) is 9.05. The molecule has 1 saturated heterocycles. The molecule has 13 heteroatoms. The largest absolute Gasteiger partial charge is 0.488 e. The summed E-state index contributed by atoms with van der Waals surface area (Å²) in [4.78, 5) is 27.8. The van der Waals surface area contributed by atoms with Crippen LogP contribution in [0.25, 0.3) is 16.6 Å². The number of hydrogen-bond acceptors (Lipinski definition) is 6. The number of hydrogen-bond donors (Lipinski definition) is 2. The van der Waals surface area contributed by atoms with Crippen molar-refractivity contribution in [1.29, 1.82) is 5.26 Å². The van der Waals surface area contributed by atoms with E-state index in [0.29, 0.717) is 27.4 Å². The summed E-state index contributed by atoms with van der Waals surface area (Å²) < 4.78 is 48.1. The third-order valence-electron chi connectivity index (χ3n) is 6.43. The van der Waals surface area contributed by atoms with E-state index in [1.54, 1.807) is 28.9 Å². The Balaban J connectivity index is 1.42. The van der Waals surface area contributed by atoms with Gasteiger partial charge in [-0.2, -0.15) is 23.5 Å². The van der Waals surface area contributed by atoms with Crippen molar-refractivity contribution in [3.05, 3.63) is 42.4 Å². The molecule has 2 N–H and O–H groups in total. The molecule has 2 aliphatic rings. The summed E-state index contributed by atoms with van der Waals surface area (Å²) in [5.74, 6) is 0.486. The Hall–Kier alpha value is -4.34. The number of aromatic nitrogens is 3. The van der Waals surface area contributed by atoms with Crippen LogP contribution in [0.4, 0.5) is 23.8 Å². The number of nitrogens with one attached hydrogen (secondary N) is 1. The van der Waals surface area contributed by atoms with E-state index in [9.17, 15) is 33.1 Å². The first kappa shape index (κ1) is 24.4. The van der Waals surface area contributed by atoms with Crippen molar-refractivity contribution in [2.75, 3.05) is 11.9 Å². The monoisotopic (exact) mass is 514 g/mol. The maximum atomic E-state index is 13.5. The second kappa shape index (κ2) is 9.27. The smallest absolute Gasteiger partial charge is 0.409 e. The fourth-order valence-corrected chi connectivity index (χ4v) is 4.38. The molecule has 0 bridgehead atoms. The number of carbonyl (C=O) groups is 2. The highest BCUT2D eigenvalue weighted by atomic mass is 19.4. The minimum absolute atomic E-state index is 0.0145. The third kappa shape index (κ3) is 5.13. The van der Waals surface area contributed by atoms with Gasteiger partial charge in [0.1, 0.15) is 29.7 Å². The van der Waals surface area contributed by atoms with E-state index in [0.717, 1.165) is 12.8 Å². The van der Waals surface area contributed by atoms with E-state index in [-0.39, 0.29) is 36.2 Å². The molecule has 0 aromatic carbocycles. The van der Waals surface area contributed by atoms with Gasteiger partial charge in [0.25, 0.3) is 0 Å². The molecule has 192 valence electrons. The fourth-order valence-electron chi connectivity index (χ4n) is 4.38. The van der Waals surface area contributed by atoms with Crippen molar-refractivity contribution in [3.8, 4) is 22.9 Å². The lowest BCUT2D eigenvalue weighted by Crippen LogP contribution is -2.54. The molecule has 37 heavy (non-hydrogen) atoms. The molecule has 2 fully saturated rings. The summed E-state index contributed by atoms with van der Waals surface area (Å²) >= 11 is 0. The Labute approximate surface area is 208 Å². The van der Waals surface area contributed by atoms with Gasteiger partial charge in [0.2, 0.25) is 5.91 Å². The van der Waals surface area contributed by atoms with Crippen LogP contribution in [0.1, 0.15) is 31.4 Å². The Bertz CT molecular complexity index is 1410. The van der Waals surface area contributed by atoms with Crippen LogP contribution in [0.15, 0.2) is 36.7 Å². The first-order chi connectivity index (χ1) is 17.6. The number of carboxylic acid groups (broad SMARTS) is 1. The van der Waals surface area contributed by atoms with Gasteiger partial charge >= 0.3 is 12.3 Å². The zero-order valence-corrected chi connectivity index (χ0v) is 19.3. The van der Waals surface area contributed by atoms with Crippen molar-refractivity contribution < 1.29 is 32.6 Å². The molecular weight excluding hydrogens is 493 g/mol. The minimum Gasteiger partial charge on any atom is -0.488 e. The van der Waals surface area contributed by atoms with E-state index < -0.39 is 30.8 Å². The van der Waals surface area contributed by atoms with Crippen molar-refractivity contribution >= 4 is 23.3 Å². The number of nitrogens with zero attached hydrogens (tertiary/aromatic N) is 5. The van der Waals surface area contributed by atoms with Gasteiger partial charge in [-0.1, -0.05) is 0 Å². The molecule has 3 aromatic rings. The highest BCUT2D eigenvalue weighted by Gasteiger charge is 2.49. The fraction of sp³-hybridized carbons (Fsp3) is 0.375. The van der Waals surface area contributed by atoms with Gasteiger partial charge in [-0.25, -0.2) is 14.3 Å².